The number of rotatable bonds is 4. The van der Waals surface area contributed by atoms with Crippen LogP contribution in [-0.4, -0.2) is 13.3 Å². The molecule has 0 saturated heterocycles. The highest BCUT2D eigenvalue weighted by Gasteiger charge is 2.48. The lowest BCUT2D eigenvalue weighted by Gasteiger charge is -2.54. The first-order chi connectivity index (χ1) is 6.00. The zero-order valence-electron chi connectivity index (χ0n) is 9.51. The molecule has 1 rings (SSSR count). The van der Waals surface area contributed by atoms with Gasteiger partial charge in [0.15, 0.2) is 0 Å². The average Bonchev–Trinajstić information content (AvgIpc) is 2.02. The summed E-state index contributed by atoms with van der Waals surface area (Å²) in [4.78, 5) is 3.94. The maximum atomic E-state index is 3.94. The molecule has 0 aromatic rings. The van der Waals surface area contributed by atoms with Crippen LogP contribution in [0.5, 0.6) is 0 Å². The van der Waals surface area contributed by atoms with Crippen molar-refractivity contribution in [3.8, 4) is 0 Å². The van der Waals surface area contributed by atoms with Crippen LogP contribution in [0.3, 0.4) is 0 Å². The van der Waals surface area contributed by atoms with Crippen molar-refractivity contribution in [2.24, 2.45) is 28.2 Å². The molecule has 1 aliphatic rings. The Morgan fingerprint density at radius 2 is 2.08 bits per heavy atom. The van der Waals surface area contributed by atoms with E-state index in [0.717, 1.165) is 24.3 Å². The zero-order valence-corrected chi connectivity index (χ0v) is 9.51. The van der Waals surface area contributed by atoms with Gasteiger partial charge >= 0.3 is 0 Å². The summed E-state index contributed by atoms with van der Waals surface area (Å²) in [7, 11) is 0. The molecular weight excluding hydrogens is 158 g/mol. The Labute approximate surface area is 82.6 Å². The van der Waals surface area contributed by atoms with Gasteiger partial charge in [-0.05, 0) is 42.7 Å². The van der Waals surface area contributed by atoms with E-state index in [2.05, 4.69) is 39.4 Å². The summed E-state index contributed by atoms with van der Waals surface area (Å²) in [6.45, 7) is 14.0. The molecule has 76 valence electrons. The van der Waals surface area contributed by atoms with Gasteiger partial charge in [0.2, 0.25) is 0 Å². The predicted octanol–water partition coefficient (Wildman–Crippen LogP) is 3.40. The van der Waals surface area contributed by atoms with Crippen LogP contribution in [0.25, 0.3) is 0 Å². The molecule has 1 aliphatic carbocycles. The first-order valence-corrected chi connectivity index (χ1v) is 5.42. The third-order valence-electron chi connectivity index (χ3n) is 3.99. The van der Waals surface area contributed by atoms with Crippen LogP contribution in [0.15, 0.2) is 4.99 Å². The minimum Gasteiger partial charge on any atom is -0.301 e. The quantitative estimate of drug-likeness (QED) is 0.589. The topological polar surface area (TPSA) is 12.4 Å². The van der Waals surface area contributed by atoms with Crippen molar-refractivity contribution in [1.82, 2.24) is 0 Å². The van der Waals surface area contributed by atoms with Crippen molar-refractivity contribution in [3.05, 3.63) is 0 Å². The van der Waals surface area contributed by atoms with Gasteiger partial charge in [0.05, 0.1) is 0 Å². The molecule has 0 unspecified atom stereocenters. The lowest BCUT2D eigenvalue weighted by molar-refractivity contribution is -0.0514. The SMILES string of the molecule is C=NCC[C@@H]1C[C@H](C(C)C)C1(C)C. The lowest BCUT2D eigenvalue weighted by Crippen LogP contribution is -2.47. The summed E-state index contributed by atoms with van der Waals surface area (Å²) in [6.07, 6.45) is 2.64. The van der Waals surface area contributed by atoms with Gasteiger partial charge in [-0.2, -0.15) is 0 Å². The van der Waals surface area contributed by atoms with Crippen LogP contribution in [0.1, 0.15) is 40.5 Å². The standard InChI is InChI=1S/C12H23N/c1-9(2)11-8-10(6-7-13-5)12(11,3)4/h9-11H,5-8H2,1-4H3/t10-,11-/m1/s1. The minimum atomic E-state index is 0.541. The van der Waals surface area contributed by atoms with Gasteiger partial charge in [-0.3, -0.25) is 0 Å². The molecule has 1 fully saturated rings. The smallest absolute Gasteiger partial charge is 0.0384 e. The number of nitrogens with zero attached hydrogens (tertiary/aromatic N) is 1. The van der Waals surface area contributed by atoms with Crippen LogP contribution < -0.4 is 0 Å². The van der Waals surface area contributed by atoms with Crippen LogP contribution in [-0.2, 0) is 0 Å². The van der Waals surface area contributed by atoms with Crippen molar-refractivity contribution in [3.63, 3.8) is 0 Å². The van der Waals surface area contributed by atoms with Gasteiger partial charge in [0, 0.05) is 6.54 Å². The minimum absolute atomic E-state index is 0.541. The van der Waals surface area contributed by atoms with Crippen LogP contribution in [0, 0.1) is 23.2 Å². The fourth-order valence-electron chi connectivity index (χ4n) is 2.92. The molecule has 1 saturated carbocycles. The second kappa shape index (κ2) is 3.81. The molecule has 0 aromatic carbocycles. The van der Waals surface area contributed by atoms with E-state index in [1.54, 1.807) is 0 Å². The Bertz CT molecular complexity index is 182. The maximum absolute atomic E-state index is 3.94. The molecule has 0 aromatic heterocycles. The summed E-state index contributed by atoms with van der Waals surface area (Å²) in [5, 5.41) is 0. The largest absolute Gasteiger partial charge is 0.301 e. The van der Waals surface area contributed by atoms with Crippen LogP contribution in [0.2, 0.25) is 0 Å². The third kappa shape index (κ3) is 1.95. The van der Waals surface area contributed by atoms with E-state index in [9.17, 15) is 0 Å². The first-order valence-electron chi connectivity index (χ1n) is 5.42. The van der Waals surface area contributed by atoms with Crippen molar-refractivity contribution >= 4 is 6.72 Å². The molecule has 0 radical (unpaired) electrons. The number of hydrogen-bond donors (Lipinski definition) is 0. The molecule has 0 heterocycles. The molecule has 0 N–H and O–H groups in total. The second-order valence-corrected chi connectivity index (χ2v) is 5.34. The Balaban J connectivity index is 2.44. The highest BCUT2D eigenvalue weighted by atomic mass is 14.7. The van der Waals surface area contributed by atoms with E-state index >= 15 is 0 Å². The van der Waals surface area contributed by atoms with Gasteiger partial charge in [0.1, 0.15) is 0 Å². The normalized spacial score (nSPS) is 31.5. The monoisotopic (exact) mass is 181 g/mol. The van der Waals surface area contributed by atoms with Crippen molar-refractivity contribution in [1.29, 1.82) is 0 Å². The maximum Gasteiger partial charge on any atom is 0.0384 e. The highest BCUT2D eigenvalue weighted by molar-refractivity contribution is 5.23. The summed E-state index contributed by atoms with van der Waals surface area (Å²) in [5.74, 6) is 2.63. The van der Waals surface area contributed by atoms with Crippen LogP contribution >= 0.6 is 0 Å². The van der Waals surface area contributed by atoms with Crippen molar-refractivity contribution in [2.75, 3.05) is 6.54 Å². The summed E-state index contributed by atoms with van der Waals surface area (Å²) in [5.41, 5.74) is 0.541. The van der Waals surface area contributed by atoms with E-state index in [0.29, 0.717) is 5.41 Å². The van der Waals surface area contributed by atoms with Crippen LogP contribution in [0.4, 0.5) is 0 Å². The molecule has 0 amide bonds. The van der Waals surface area contributed by atoms with Crippen molar-refractivity contribution in [2.45, 2.75) is 40.5 Å². The summed E-state index contributed by atoms with van der Waals surface area (Å²) >= 11 is 0. The Morgan fingerprint density at radius 3 is 2.46 bits per heavy atom. The molecule has 0 spiro atoms. The summed E-state index contributed by atoms with van der Waals surface area (Å²) in [6, 6.07) is 0. The fourth-order valence-corrected chi connectivity index (χ4v) is 2.92. The van der Waals surface area contributed by atoms with Gasteiger partial charge in [-0.15, -0.1) is 0 Å². The van der Waals surface area contributed by atoms with E-state index < -0.39 is 0 Å². The number of aliphatic imine (C=N–C) groups is 1. The van der Waals surface area contributed by atoms with E-state index in [4.69, 9.17) is 0 Å². The average molecular weight is 181 g/mol. The lowest BCUT2D eigenvalue weighted by atomic mass is 9.51. The second-order valence-electron chi connectivity index (χ2n) is 5.34. The molecule has 1 heteroatoms. The Kier molecular flexibility index (Phi) is 3.15. The van der Waals surface area contributed by atoms with Gasteiger partial charge in [-0.25, -0.2) is 0 Å². The van der Waals surface area contributed by atoms with E-state index in [1.807, 2.05) is 0 Å². The zero-order chi connectivity index (χ0) is 10.1. The molecule has 0 bridgehead atoms. The molecular formula is C12H23N. The Morgan fingerprint density at radius 1 is 1.46 bits per heavy atom. The van der Waals surface area contributed by atoms with E-state index in [1.165, 1.54) is 12.8 Å². The van der Waals surface area contributed by atoms with E-state index in [-0.39, 0.29) is 0 Å². The predicted molar refractivity (Wildman–Crippen MR) is 59.2 cm³/mol. The molecule has 13 heavy (non-hydrogen) atoms. The first kappa shape index (κ1) is 10.7. The van der Waals surface area contributed by atoms with Gasteiger partial charge < -0.3 is 4.99 Å². The van der Waals surface area contributed by atoms with Gasteiger partial charge in [-0.1, -0.05) is 27.7 Å². The Hall–Kier alpha value is -0.330. The summed E-state index contributed by atoms with van der Waals surface area (Å²) < 4.78 is 0. The van der Waals surface area contributed by atoms with Gasteiger partial charge in [0.25, 0.3) is 0 Å². The van der Waals surface area contributed by atoms with Crippen molar-refractivity contribution < 1.29 is 0 Å². The highest BCUT2D eigenvalue weighted by Crippen LogP contribution is 2.55. The fraction of sp³-hybridized carbons (Fsp3) is 0.917. The molecule has 2 atom stereocenters. The number of hydrogen-bond acceptors (Lipinski definition) is 1. The third-order valence-corrected chi connectivity index (χ3v) is 3.99. The molecule has 0 aliphatic heterocycles. The molecule has 1 nitrogen and oxygen atoms in total.